The second-order valence-corrected chi connectivity index (χ2v) is 9.24. The van der Waals surface area contributed by atoms with Crippen LogP contribution in [0.4, 0.5) is 0 Å². The Kier molecular flexibility index (Phi) is 8.57. The van der Waals surface area contributed by atoms with Gasteiger partial charge in [0.1, 0.15) is 5.75 Å². The molecule has 0 saturated heterocycles. The fraction of sp³-hybridized carbons (Fsp3) is 0.250. The van der Waals surface area contributed by atoms with Crippen LogP contribution in [0.15, 0.2) is 91.0 Å². The van der Waals surface area contributed by atoms with Crippen molar-refractivity contribution in [3.05, 3.63) is 113 Å². The van der Waals surface area contributed by atoms with Crippen LogP contribution in [-0.4, -0.2) is 30.6 Å². The Hall–Kier alpha value is -4.12. The summed E-state index contributed by atoms with van der Waals surface area (Å²) >= 11 is 0. The number of carbonyl (C=O) groups excluding carboxylic acids is 1. The summed E-state index contributed by atoms with van der Waals surface area (Å²) in [6.07, 6.45) is 1.89. The average molecular weight is 496 g/mol. The van der Waals surface area contributed by atoms with E-state index in [0.717, 1.165) is 24.2 Å². The zero-order valence-electron chi connectivity index (χ0n) is 21.3. The van der Waals surface area contributed by atoms with Crippen molar-refractivity contribution in [2.45, 2.75) is 38.0 Å². The van der Waals surface area contributed by atoms with Crippen molar-refractivity contribution < 1.29 is 19.4 Å². The van der Waals surface area contributed by atoms with E-state index in [-0.39, 0.29) is 30.7 Å². The summed E-state index contributed by atoms with van der Waals surface area (Å²) in [5, 5.41) is 13.9. The highest BCUT2D eigenvalue weighted by atomic mass is 16.5. The summed E-state index contributed by atoms with van der Waals surface area (Å²) in [6.45, 7) is 2.31. The molecule has 2 N–H and O–H groups in total. The third-order valence-electron chi connectivity index (χ3n) is 6.86. The SMILES string of the molecule is CCC[C@H](c1ccc(C(=O)NCCC(=O)O)cc1)C(c1ccc(OC)cc1)c1cccc2ccccc12. The van der Waals surface area contributed by atoms with Crippen molar-refractivity contribution in [1.82, 2.24) is 5.32 Å². The van der Waals surface area contributed by atoms with Crippen LogP contribution in [-0.2, 0) is 4.79 Å². The van der Waals surface area contributed by atoms with Gasteiger partial charge in [0.25, 0.3) is 5.91 Å². The monoisotopic (exact) mass is 495 g/mol. The molecule has 0 heterocycles. The van der Waals surface area contributed by atoms with Crippen LogP contribution in [0, 0.1) is 0 Å². The quantitative estimate of drug-likeness (QED) is 0.241. The number of amides is 1. The molecule has 0 spiro atoms. The Balaban J connectivity index is 1.75. The number of rotatable bonds is 11. The first-order chi connectivity index (χ1) is 18.0. The fourth-order valence-corrected chi connectivity index (χ4v) is 5.07. The van der Waals surface area contributed by atoms with Gasteiger partial charge in [-0.2, -0.15) is 0 Å². The lowest BCUT2D eigenvalue weighted by Gasteiger charge is -2.30. The van der Waals surface area contributed by atoms with Crippen LogP contribution < -0.4 is 10.1 Å². The first-order valence-electron chi connectivity index (χ1n) is 12.7. The van der Waals surface area contributed by atoms with E-state index in [4.69, 9.17) is 9.84 Å². The summed E-state index contributed by atoms with van der Waals surface area (Å²) in [5.41, 5.74) is 4.18. The minimum absolute atomic E-state index is 0.100. The van der Waals surface area contributed by atoms with Crippen LogP contribution in [0.2, 0.25) is 0 Å². The van der Waals surface area contributed by atoms with Gasteiger partial charge >= 0.3 is 5.97 Å². The standard InChI is InChI=1S/C32H33NO4/c1-3-7-28(23-12-14-25(15-13-23)32(36)33-21-20-30(34)35)31(24-16-18-26(37-2)19-17-24)29-11-6-9-22-8-4-5-10-27(22)29/h4-6,8-19,28,31H,3,7,20-21H2,1-2H3,(H,33,36)(H,34,35)/t28-,31?/m1/s1. The number of methoxy groups -OCH3 is 1. The van der Waals surface area contributed by atoms with Gasteiger partial charge in [-0.1, -0.05) is 80.1 Å². The van der Waals surface area contributed by atoms with Crippen LogP contribution in [0.3, 0.4) is 0 Å². The number of nitrogens with one attached hydrogen (secondary N) is 1. The fourth-order valence-electron chi connectivity index (χ4n) is 5.07. The van der Waals surface area contributed by atoms with Crippen molar-refractivity contribution in [1.29, 1.82) is 0 Å². The van der Waals surface area contributed by atoms with Gasteiger partial charge < -0.3 is 15.2 Å². The van der Waals surface area contributed by atoms with Gasteiger partial charge in [-0.3, -0.25) is 9.59 Å². The summed E-state index contributed by atoms with van der Waals surface area (Å²) in [5.74, 6) is -0.0806. The Morgan fingerprint density at radius 2 is 1.54 bits per heavy atom. The molecule has 4 aromatic rings. The maximum Gasteiger partial charge on any atom is 0.305 e. The van der Waals surface area contributed by atoms with Crippen molar-refractivity contribution in [2.24, 2.45) is 0 Å². The van der Waals surface area contributed by atoms with Gasteiger partial charge in [-0.05, 0) is 64.1 Å². The van der Waals surface area contributed by atoms with E-state index >= 15 is 0 Å². The van der Waals surface area contributed by atoms with Crippen LogP contribution in [0.25, 0.3) is 10.8 Å². The summed E-state index contributed by atoms with van der Waals surface area (Å²) in [7, 11) is 1.68. The highest BCUT2D eigenvalue weighted by Crippen LogP contribution is 2.44. The third kappa shape index (κ3) is 6.18. The highest BCUT2D eigenvalue weighted by molar-refractivity contribution is 5.94. The molecule has 0 saturated carbocycles. The molecular formula is C32H33NO4. The topological polar surface area (TPSA) is 75.6 Å². The minimum atomic E-state index is -0.934. The number of hydrogen-bond acceptors (Lipinski definition) is 3. The molecule has 4 aromatic carbocycles. The molecule has 0 aliphatic carbocycles. The Labute approximate surface area is 218 Å². The molecule has 4 rings (SSSR count). The Bertz CT molecular complexity index is 1340. The van der Waals surface area contributed by atoms with E-state index < -0.39 is 5.97 Å². The molecular weight excluding hydrogens is 462 g/mol. The summed E-state index contributed by atoms with van der Waals surface area (Å²) in [4.78, 5) is 23.3. The van der Waals surface area contributed by atoms with Gasteiger partial charge in [-0.25, -0.2) is 0 Å². The van der Waals surface area contributed by atoms with Crippen molar-refractivity contribution in [2.75, 3.05) is 13.7 Å². The molecule has 2 atom stereocenters. The lowest BCUT2D eigenvalue weighted by atomic mass is 9.74. The largest absolute Gasteiger partial charge is 0.497 e. The molecule has 1 unspecified atom stereocenters. The zero-order chi connectivity index (χ0) is 26.2. The molecule has 0 fully saturated rings. The van der Waals surface area contributed by atoms with E-state index in [1.165, 1.54) is 21.9 Å². The lowest BCUT2D eigenvalue weighted by molar-refractivity contribution is -0.136. The van der Waals surface area contributed by atoms with Crippen LogP contribution in [0.5, 0.6) is 5.75 Å². The average Bonchev–Trinajstić information content (AvgIpc) is 2.93. The number of ether oxygens (including phenoxy) is 1. The number of hydrogen-bond donors (Lipinski definition) is 2. The molecule has 5 nitrogen and oxygen atoms in total. The van der Waals surface area contributed by atoms with E-state index in [1.54, 1.807) is 7.11 Å². The van der Waals surface area contributed by atoms with E-state index in [9.17, 15) is 9.59 Å². The van der Waals surface area contributed by atoms with Gasteiger partial charge in [0.2, 0.25) is 0 Å². The van der Waals surface area contributed by atoms with Crippen molar-refractivity contribution >= 4 is 22.6 Å². The summed E-state index contributed by atoms with van der Waals surface area (Å²) < 4.78 is 5.42. The number of carbonyl (C=O) groups is 2. The molecule has 0 radical (unpaired) electrons. The van der Waals surface area contributed by atoms with Gasteiger partial charge in [0, 0.05) is 18.0 Å². The third-order valence-corrected chi connectivity index (χ3v) is 6.86. The zero-order valence-corrected chi connectivity index (χ0v) is 21.3. The number of carboxylic acids is 1. The smallest absolute Gasteiger partial charge is 0.305 e. The van der Waals surface area contributed by atoms with Crippen LogP contribution in [0.1, 0.15) is 65.1 Å². The van der Waals surface area contributed by atoms with Gasteiger partial charge in [0.15, 0.2) is 0 Å². The first-order valence-corrected chi connectivity index (χ1v) is 12.7. The predicted octanol–water partition coefficient (Wildman–Crippen LogP) is 6.77. The molecule has 190 valence electrons. The number of aliphatic carboxylic acids is 1. The van der Waals surface area contributed by atoms with Crippen molar-refractivity contribution in [3.8, 4) is 5.75 Å². The second kappa shape index (κ2) is 12.2. The van der Waals surface area contributed by atoms with Crippen LogP contribution >= 0.6 is 0 Å². The molecule has 5 heteroatoms. The molecule has 37 heavy (non-hydrogen) atoms. The molecule has 0 aliphatic rings. The minimum Gasteiger partial charge on any atom is -0.497 e. The molecule has 0 bridgehead atoms. The summed E-state index contributed by atoms with van der Waals surface area (Å²) in [6, 6.07) is 31.1. The number of fused-ring (bicyclic) bond motifs is 1. The van der Waals surface area contributed by atoms with E-state index in [2.05, 4.69) is 66.8 Å². The lowest BCUT2D eigenvalue weighted by Crippen LogP contribution is -2.26. The molecule has 1 amide bonds. The normalized spacial score (nSPS) is 12.6. The van der Waals surface area contributed by atoms with E-state index in [0.29, 0.717) is 5.56 Å². The maximum absolute atomic E-state index is 12.5. The maximum atomic E-state index is 12.5. The Morgan fingerprint density at radius 1 is 0.865 bits per heavy atom. The van der Waals surface area contributed by atoms with Gasteiger partial charge in [-0.15, -0.1) is 0 Å². The predicted molar refractivity (Wildman–Crippen MR) is 147 cm³/mol. The number of benzene rings is 4. The molecule has 0 aliphatic heterocycles. The van der Waals surface area contributed by atoms with Crippen molar-refractivity contribution in [3.63, 3.8) is 0 Å². The van der Waals surface area contributed by atoms with Gasteiger partial charge in [0.05, 0.1) is 13.5 Å². The molecule has 0 aromatic heterocycles. The Morgan fingerprint density at radius 3 is 2.22 bits per heavy atom. The number of carboxylic acid groups (broad SMARTS) is 1. The first kappa shape index (κ1) is 26.0. The second-order valence-electron chi connectivity index (χ2n) is 9.24. The highest BCUT2D eigenvalue weighted by Gasteiger charge is 2.27. The van der Waals surface area contributed by atoms with E-state index in [1.807, 2.05) is 36.4 Å².